The van der Waals surface area contributed by atoms with Gasteiger partial charge in [-0.05, 0) is 51.0 Å². The van der Waals surface area contributed by atoms with E-state index >= 15 is 0 Å². The maximum Gasteiger partial charge on any atom is 0.347 e. The van der Waals surface area contributed by atoms with Crippen LogP contribution in [0.4, 0.5) is 0 Å². The zero-order valence-corrected chi connectivity index (χ0v) is 12.7. The van der Waals surface area contributed by atoms with Crippen LogP contribution in [0, 0.1) is 0 Å². The van der Waals surface area contributed by atoms with Crippen molar-refractivity contribution in [3.63, 3.8) is 0 Å². The summed E-state index contributed by atoms with van der Waals surface area (Å²) < 4.78 is 10.5. The largest absolute Gasteiger partial charge is 0.479 e. The summed E-state index contributed by atoms with van der Waals surface area (Å²) in [6, 6.07) is 6.90. The van der Waals surface area contributed by atoms with Crippen molar-refractivity contribution >= 4 is 23.5 Å². The summed E-state index contributed by atoms with van der Waals surface area (Å²) in [4.78, 5) is 23.6. The number of carbonyl (C=O) groups is 2. The number of hydrogen-bond acceptors (Lipinski definition) is 4. The highest BCUT2D eigenvalue weighted by Gasteiger charge is 2.28. The molecule has 0 saturated heterocycles. The third kappa shape index (κ3) is 4.93. The molecule has 0 heterocycles. The summed E-state index contributed by atoms with van der Waals surface area (Å²) in [6.45, 7) is 3.12. The molecule has 1 amide bonds. The molecule has 0 radical (unpaired) electrons. The van der Waals surface area contributed by atoms with E-state index in [4.69, 9.17) is 21.1 Å². The SMILES string of the molecule is C[C@H](Oc1ccc(Cl)cc1)C(=O)O[C@H](C)C(=O)NC1CC1. The first-order valence-electron chi connectivity index (χ1n) is 6.89. The monoisotopic (exact) mass is 311 g/mol. The number of rotatable bonds is 6. The molecular formula is C15H18ClNO4. The fourth-order valence-corrected chi connectivity index (χ4v) is 1.76. The van der Waals surface area contributed by atoms with Gasteiger partial charge in [0.05, 0.1) is 0 Å². The molecule has 1 aliphatic carbocycles. The van der Waals surface area contributed by atoms with Crippen LogP contribution in [0.25, 0.3) is 0 Å². The molecule has 2 rings (SSSR count). The Morgan fingerprint density at radius 2 is 1.81 bits per heavy atom. The van der Waals surface area contributed by atoms with E-state index in [1.165, 1.54) is 0 Å². The number of amides is 1. The lowest BCUT2D eigenvalue weighted by atomic mass is 10.3. The first-order chi connectivity index (χ1) is 9.95. The second-order valence-electron chi connectivity index (χ2n) is 5.08. The van der Waals surface area contributed by atoms with Crippen molar-refractivity contribution in [1.29, 1.82) is 0 Å². The van der Waals surface area contributed by atoms with Crippen molar-refractivity contribution in [2.45, 2.75) is 44.9 Å². The van der Waals surface area contributed by atoms with Gasteiger partial charge in [0.15, 0.2) is 12.2 Å². The van der Waals surface area contributed by atoms with E-state index in [1.54, 1.807) is 38.1 Å². The number of carbonyl (C=O) groups excluding carboxylic acids is 2. The Bertz CT molecular complexity index is 513. The fraction of sp³-hybridized carbons (Fsp3) is 0.467. The Morgan fingerprint density at radius 3 is 2.38 bits per heavy atom. The smallest absolute Gasteiger partial charge is 0.347 e. The van der Waals surface area contributed by atoms with Gasteiger partial charge in [0.1, 0.15) is 5.75 Å². The molecule has 0 aromatic heterocycles. The van der Waals surface area contributed by atoms with Crippen molar-refractivity contribution in [3.05, 3.63) is 29.3 Å². The van der Waals surface area contributed by atoms with Gasteiger partial charge in [-0.2, -0.15) is 0 Å². The Labute approximate surface area is 128 Å². The van der Waals surface area contributed by atoms with E-state index in [0.29, 0.717) is 10.8 Å². The molecule has 21 heavy (non-hydrogen) atoms. The summed E-state index contributed by atoms with van der Waals surface area (Å²) in [5.74, 6) is -0.341. The van der Waals surface area contributed by atoms with E-state index in [1.807, 2.05) is 0 Å². The maximum atomic E-state index is 11.9. The topological polar surface area (TPSA) is 64.6 Å². The lowest BCUT2D eigenvalue weighted by molar-refractivity contribution is -0.160. The number of benzene rings is 1. The molecule has 1 aromatic carbocycles. The van der Waals surface area contributed by atoms with Gasteiger partial charge in [-0.1, -0.05) is 11.6 Å². The van der Waals surface area contributed by atoms with E-state index < -0.39 is 18.2 Å². The minimum Gasteiger partial charge on any atom is -0.479 e. The first-order valence-corrected chi connectivity index (χ1v) is 7.26. The number of nitrogens with one attached hydrogen (secondary N) is 1. The quantitative estimate of drug-likeness (QED) is 0.819. The lowest BCUT2D eigenvalue weighted by Gasteiger charge is -2.17. The van der Waals surface area contributed by atoms with Crippen LogP contribution in [0.3, 0.4) is 0 Å². The van der Waals surface area contributed by atoms with Crippen molar-refractivity contribution in [2.75, 3.05) is 0 Å². The highest BCUT2D eigenvalue weighted by Crippen LogP contribution is 2.19. The van der Waals surface area contributed by atoms with Gasteiger partial charge in [-0.15, -0.1) is 0 Å². The van der Waals surface area contributed by atoms with Gasteiger partial charge in [0.2, 0.25) is 0 Å². The highest BCUT2D eigenvalue weighted by molar-refractivity contribution is 6.30. The van der Waals surface area contributed by atoms with Crippen LogP contribution in [0.1, 0.15) is 26.7 Å². The van der Waals surface area contributed by atoms with Crippen LogP contribution >= 0.6 is 11.6 Å². The van der Waals surface area contributed by atoms with Crippen LogP contribution < -0.4 is 10.1 Å². The van der Waals surface area contributed by atoms with Crippen LogP contribution in [-0.4, -0.2) is 30.1 Å². The number of halogens is 1. The predicted octanol–water partition coefficient (Wildman–Crippen LogP) is 2.32. The average Bonchev–Trinajstić information content (AvgIpc) is 3.25. The average molecular weight is 312 g/mol. The molecule has 5 nitrogen and oxygen atoms in total. The Hall–Kier alpha value is -1.75. The van der Waals surface area contributed by atoms with Gasteiger partial charge >= 0.3 is 5.97 Å². The molecule has 1 N–H and O–H groups in total. The van der Waals surface area contributed by atoms with Crippen LogP contribution in [0.5, 0.6) is 5.75 Å². The van der Waals surface area contributed by atoms with Gasteiger partial charge in [-0.3, -0.25) is 4.79 Å². The Morgan fingerprint density at radius 1 is 1.19 bits per heavy atom. The van der Waals surface area contributed by atoms with Crippen molar-refractivity contribution in [1.82, 2.24) is 5.32 Å². The molecule has 0 bridgehead atoms. The van der Waals surface area contributed by atoms with Gasteiger partial charge in [-0.25, -0.2) is 4.79 Å². The second kappa shape index (κ2) is 6.80. The summed E-state index contributed by atoms with van der Waals surface area (Å²) in [5.41, 5.74) is 0. The van der Waals surface area contributed by atoms with Gasteiger partial charge in [0, 0.05) is 11.1 Å². The van der Waals surface area contributed by atoms with Crippen LogP contribution in [0.2, 0.25) is 5.02 Å². The zero-order valence-electron chi connectivity index (χ0n) is 12.0. The lowest BCUT2D eigenvalue weighted by Crippen LogP contribution is -2.39. The normalized spacial score (nSPS) is 16.7. The molecule has 114 valence electrons. The third-order valence-corrected chi connectivity index (χ3v) is 3.30. The number of ether oxygens (including phenoxy) is 2. The number of esters is 1. The van der Waals surface area contributed by atoms with Gasteiger partial charge in [0.25, 0.3) is 5.91 Å². The minimum atomic E-state index is -0.825. The Balaban J connectivity index is 1.80. The molecule has 0 spiro atoms. The van der Waals surface area contributed by atoms with Crippen molar-refractivity contribution < 1.29 is 19.1 Å². The Kier molecular flexibility index (Phi) is 5.07. The molecular weight excluding hydrogens is 294 g/mol. The molecule has 1 fully saturated rings. The van der Waals surface area contributed by atoms with Crippen molar-refractivity contribution in [3.8, 4) is 5.75 Å². The van der Waals surface area contributed by atoms with Crippen LogP contribution in [-0.2, 0) is 14.3 Å². The van der Waals surface area contributed by atoms with E-state index in [0.717, 1.165) is 12.8 Å². The molecule has 0 aliphatic heterocycles. The summed E-state index contributed by atoms with van der Waals surface area (Å²) in [6.07, 6.45) is 0.349. The van der Waals surface area contributed by atoms with Crippen molar-refractivity contribution in [2.24, 2.45) is 0 Å². The third-order valence-electron chi connectivity index (χ3n) is 3.04. The molecule has 2 atom stereocenters. The van der Waals surface area contributed by atoms with Gasteiger partial charge < -0.3 is 14.8 Å². The molecule has 0 unspecified atom stereocenters. The van der Waals surface area contributed by atoms with E-state index in [2.05, 4.69) is 5.32 Å². The number of hydrogen-bond donors (Lipinski definition) is 1. The predicted molar refractivity (Wildman–Crippen MR) is 78.3 cm³/mol. The van der Waals surface area contributed by atoms with E-state index in [9.17, 15) is 9.59 Å². The summed E-state index contributed by atoms with van der Waals surface area (Å²) in [7, 11) is 0. The molecule has 1 saturated carbocycles. The fourth-order valence-electron chi connectivity index (χ4n) is 1.64. The van der Waals surface area contributed by atoms with Crippen LogP contribution in [0.15, 0.2) is 24.3 Å². The molecule has 6 heteroatoms. The molecule has 1 aromatic rings. The first kappa shape index (κ1) is 15.6. The summed E-state index contributed by atoms with van der Waals surface area (Å²) in [5, 5.41) is 3.37. The second-order valence-corrected chi connectivity index (χ2v) is 5.51. The van der Waals surface area contributed by atoms with E-state index in [-0.39, 0.29) is 11.9 Å². The highest BCUT2D eigenvalue weighted by atomic mass is 35.5. The summed E-state index contributed by atoms with van der Waals surface area (Å²) >= 11 is 5.77. The maximum absolute atomic E-state index is 11.9. The molecule has 1 aliphatic rings. The zero-order chi connectivity index (χ0) is 15.4. The standard InChI is InChI=1S/C15H18ClNO4/c1-9(14(18)17-12-5-6-12)21-15(19)10(2)20-13-7-3-11(16)4-8-13/h3-4,7-10,12H,5-6H2,1-2H3,(H,17,18)/t9-,10+/m1/s1. The minimum absolute atomic E-state index is 0.237.